The van der Waals surface area contributed by atoms with E-state index in [0.29, 0.717) is 13.2 Å². The Kier molecular flexibility index (Phi) is 6.26. The molecule has 0 bridgehead atoms. The first-order chi connectivity index (χ1) is 13.7. The topological polar surface area (TPSA) is 81.8 Å². The minimum absolute atomic E-state index is 0.113. The van der Waals surface area contributed by atoms with Gasteiger partial charge in [0.05, 0.1) is 19.3 Å². The number of ether oxygens (including phenoxy) is 2. The van der Waals surface area contributed by atoms with E-state index in [1.54, 1.807) is 0 Å². The molecule has 1 amide bonds. The van der Waals surface area contributed by atoms with Crippen molar-refractivity contribution in [2.24, 2.45) is 11.7 Å². The van der Waals surface area contributed by atoms with Gasteiger partial charge in [0, 0.05) is 62.2 Å². The maximum Gasteiger partial charge on any atom is 0.241 e. The number of nitrogens with two attached hydrogens (primary N) is 1. The highest BCUT2D eigenvalue weighted by molar-refractivity contribution is 5.97. The molecular weight excluding hydrogens is 356 g/mol. The largest absolute Gasteiger partial charge is 0.381 e. The number of amides is 1. The Balaban J connectivity index is 1.37. The van der Waals surface area contributed by atoms with Crippen LogP contribution in [0.4, 0.5) is 5.69 Å². The van der Waals surface area contributed by atoms with Crippen LogP contribution in [0.2, 0.25) is 0 Å². The summed E-state index contributed by atoms with van der Waals surface area (Å²) in [6, 6.07) is 7.67. The van der Waals surface area contributed by atoms with E-state index in [0.717, 1.165) is 63.3 Å². The molecule has 7 heteroatoms. The van der Waals surface area contributed by atoms with Gasteiger partial charge in [0.2, 0.25) is 5.91 Å². The van der Waals surface area contributed by atoms with Crippen LogP contribution in [-0.4, -0.2) is 67.5 Å². The quantitative estimate of drug-likeness (QED) is 0.789. The number of morpholine rings is 1. The fraction of sp³-hybridized carbons (Fsp3) is 0.571. The number of anilines is 1. The summed E-state index contributed by atoms with van der Waals surface area (Å²) in [6.07, 6.45) is 3.81. The van der Waals surface area contributed by atoms with Gasteiger partial charge in [0.25, 0.3) is 0 Å². The van der Waals surface area contributed by atoms with Gasteiger partial charge < -0.3 is 25.1 Å². The zero-order valence-corrected chi connectivity index (χ0v) is 16.3. The summed E-state index contributed by atoms with van der Waals surface area (Å²) in [6.45, 7) is 7.00. The lowest BCUT2D eigenvalue weighted by molar-refractivity contribution is -0.119. The molecule has 1 atom stereocenters. The Labute approximate surface area is 165 Å². The molecule has 7 nitrogen and oxygen atoms in total. The van der Waals surface area contributed by atoms with E-state index in [-0.39, 0.29) is 11.8 Å². The molecule has 0 spiro atoms. The molecule has 0 radical (unpaired) electrons. The van der Waals surface area contributed by atoms with Crippen molar-refractivity contribution in [2.45, 2.75) is 25.4 Å². The smallest absolute Gasteiger partial charge is 0.241 e. The van der Waals surface area contributed by atoms with Crippen molar-refractivity contribution in [3.05, 3.63) is 30.5 Å². The summed E-state index contributed by atoms with van der Waals surface area (Å²) in [5.41, 5.74) is 8.16. The minimum atomic E-state index is -0.488. The van der Waals surface area contributed by atoms with Crippen molar-refractivity contribution in [1.29, 1.82) is 0 Å². The van der Waals surface area contributed by atoms with Crippen LogP contribution in [0, 0.1) is 5.92 Å². The fourth-order valence-corrected chi connectivity index (χ4v) is 4.06. The minimum Gasteiger partial charge on any atom is -0.381 e. The van der Waals surface area contributed by atoms with Gasteiger partial charge in [0.15, 0.2) is 0 Å². The monoisotopic (exact) mass is 386 g/mol. The van der Waals surface area contributed by atoms with Crippen molar-refractivity contribution in [1.82, 2.24) is 9.47 Å². The van der Waals surface area contributed by atoms with Crippen molar-refractivity contribution in [2.75, 3.05) is 51.4 Å². The highest BCUT2D eigenvalue weighted by Gasteiger charge is 2.26. The Morgan fingerprint density at radius 3 is 2.64 bits per heavy atom. The number of carbonyl (C=O) groups is 1. The van der Waals surface area contributed by atoms with Crippen molar-refractivity contribution in [3.63, 3.8) is 0 Å². The van der Waals surface area contributed by atoms with Crippen LogP contribution in [0.1, 0.15) is 12.8 Å². The van der Waals surface area contributed by atoms with Gasteiger partial charge in [-0.05, 0) is 43.0 Å². The van der Waals surface area contributed by atoms with E-state index in [1.165, 1.54) is 5.52 Å². The number of fused-ring (bicyclic) bond motifs is 1. The Morgan fingerprint density at radius 2 is 1.86 bits per heavy atom. The number of rotatable bonds is 6. The molecule has 2 aliphatic heterocycles. The molecule has 0 saturated carbocycles. The van der Waals surface area contributed by atoms with Crippen LogP contribution in [0.3, 0.4) is 0 Å². The number of aromatic nitrogens is 1. The average molecular weight is 386 g/mol. The maximum atomic E-state index is 12.5. The van der Waals surface area contributed by atoms with Gasteiger partial charge in [-0.1, -0.05) is 0 Å². The second kappa shape index (κ2) is 9.05. The molecule has 1 aromatic carbocycles. The highest BCUT2D eigenvalue weighted by Crippen LogP contribution is 2.22. The number of nitrogens with one attached hydrogen (secondary N) is 1. The van der Waals surface area contributed by atoms with Crippen molar-refractivity contribution >= 4 is 22.5 Å². The third kappa shape index (κ3) is 4.55. The van der Waals surface area contributed by atoms with Gasteiger partial charge in [-0.15, -0.1) is 0 Å². The van der Waals surface area contributed by atoms with Gasteiger partial charge in [-0.2, -0.15) is 0 Å². The molecule has 4 rings (SSSR count). The molecule has 3 heterocycles. The molecule has 2 aliphatic rings. The van der Waals surface area contributed by atoms with Crippen LogP contribution in [0.5, 0.6) is 0 Å². The molecule has 28 heavy (non-hydrogen) atoms. The van der Waals surface area contributed by atoms with Gasteiger partial charge in [0.1, 0.15) is 0 Å². The number of benzene rings is 1. The van der Waals surface area contributed by atoms with E-state index in [1.807, 2.05) is 12.1 Å². The van der Waals surface area contributed by atoms with Crippen LogP contribution in [0.15, 0.2) is 30.5 Å². The SMILES string of the molecule is NC(C(=O)Nc1ccc2c(ccn2CCN2CCOCC2)c1)C1CCOCC1. The van der Waals surface area contributed by atoms with E-state index in [2.05, 4.69) is 33.1 Å². The predicted octanol–water partition coefficient (Wildman–Crippen LogP) is 1.67. The molecule has 2 fully saturated rings. The Morgan fingerprint density at radius 1 is 1.11 bits per heavy atom. The lowest BCUT2D eigenvalue weighted by Gasteiger charge is -2.27. The summed E-state index contributed by atoms with van der Waals surface area (Å²) in [7, 11) is 0. The molecule has 0 aliphatic carbocycles. The first kappa shape index (κ1) is 19.4. The van der Waals surface area contributed by atoms with Gasteiger partial charge in [-0.3, -0.25) is 9.69 Å². The third-order valence-electron chi connectivity index (χ3n) is 5.88. The van der Waals surface area contributed by atoms with Crippen LogP contribution < -0.4 is 11.1 Å². The van der Waals surface area contributed by atoms with Crippen molar-refractivity contribution < 1.29 is 14.3 Å². The number of hydrogen-bond acceptors (Lipinski definition) is 5. The first-order valence-electron chi connectivity index (χ1n) is 10.2. The molecular formula is C21H30N4O3. The highest BCUT2D eigenvalue weighted by atomic mass is 16.5. The van der Waals surface area contributed by atoms with Crippen LogP contribution >= 0.6 is 0 Å². The molecule has 1 aromatic heterocycles. The Bertz CT molecular complexity index is 794. The van der Waals surface area contributed by atoms with Gasteiger partial charge in [-0.25, -0.2) is 0 Å². The number of hydrogen-bond donors (Lipinski definition) is 2. The van der Waals surface area contributed by atoms with Gasteiger partial charge >= 0.3 is 0 Å². The number of carbonyl (C=O) groups excluding carboxylic acids is 1. The predicted molar refractivity (Wildman–Crippen MR) is 109 cm³/mol. The maximum absolute atomic E-state index is 12.5. The average Bonchev–Trinajstić information content (AvgIpc) is 3.15. The zero-order valence-electron chi connectivity index (χ0n) is 16.3. The summed E-state index contributed by atoms with van der Waals surface area (Å²) in [5.74, 6) is 0.0803. The summed E-state index contributed by atoms with van der Waals surface area (Å²) in [4.78, 5) is 15.0. The first-order valence-corrected chi connectivity index (χ1v) is 10.2. The molecule has 152 valence electrons. The zero-order chi connectivity index (χ0) is 19.3. The number of nitrogens with zero attached hydrogens (tertiary/aromatic N) is 2. The van der Waals surface area contributed by atoms with E-state index in [4.69, 9.17) is 15.2 Å². The van der Waals surface area contributed by atoms with Crippen LogP contribution in [0.25, 0.3) is 10.9 Å². The second-order valence-corrected chi connectivity index (χ2v) is 7.70. The van der Waals surface area contributed by atoms with Crippen molar-refractivity contribution in [3.8, 4) is 0 Å². The van der Waals surface area contributed by atoms with E-state index >= 15 is 0 Å². The Hall–Kier alpha value is -1.93. The molecule has 2 saturated heterocycles. The molecule has 2 aromatic rings. The normalized spacial score (nSPS) is 20.3. The van der Waals surface area contributed by atoms with E-state index < -0.39 is 6.04 Å². The lowest BCUT2D eigenvalue weighted by atomic mass is 9.92. The standard InChI is InChI=1S/C21H30N4O3/c22-20(16-4-11-27-12-5-16)21(26)23-18-1-2-19-17(15-18)3-6-25(19)8-7-24-9-13-28-14-10-24/h1-3,6,15-16,20H,4-5,7-14,22H2,(H,23,26). The summed E-state index contributed by atoms with van der Waals surface area (Å²) < 4.78 is 13.0. The molecule has 1 unspecified atom stereocenters. The molecule has 3 N–H and O–H groups in total. The summed E-state index contributed by atoms with van der Waals surface area (Å²) in [5, 5.41) is 4.11. The lowest BCUT2D eigenvalue weighted by Crippen LogP contribution is -2.43. The van der Waals surface area contributed by atoms with Crippen LogP contribution in [-0.2, 0) is 20.8 Å². The third-order valence-corrected chi connectivity index (χ3v) is 5.88. The fourth-order valence-electron chi connectivity index (χ4n) is 4.06. The summed E-state index contributed by atoms with van der Waals surface area (Å²) >= 11 is 0. The van der Waals surface area contributed by atoms with E-state index in [9.17, 15) is 4.79 Å². The second-order valence-electron chi connectivity index (χ2n) is 7.70.